The molecule has 0 heterocycles. The lowest BCUT2D eigenvalue weighted by molar-refractivity contribution is 0.768. The quantitative estimate of drug-likeness (QED) is 0.163. The molecule has 1 aliphatic rings. The SMILES string of the molecule is [2H]c1c([2H])c(N(c2cccc3c2-c2ccccc2C3(c2ccccc2)c2ccccc2)c2c(C)cc(-c3ccccc3)cc2C)c([2H])c([2H])c1-c1ccccc1. The summed E-state index contributed by atoms with van der Waals surface area (Å²) in [7, 11) is 0. The molecular formula is C51H39N. The third-order valence-electron chi connectivity index (χ3n) is 10.4. The van der Waals surface area contributed by atoms with Crippen LogP contribution in [0.4, 0.5) is 17.1 Å². The van der Waals surface area contributed by atoms with Crippen LogP contribution < -0.4 is 4.90 Å². The lowest BCUT2D eigenvalue weighted by Gasteiger charge is -2.35. The topological polar surface area (TPSA) is 3.24 Å². The zero-order chi connectivity index (χ0) is 38.6. The van der Waals surface area contributed by atoms with Crippen molar-refractivity contribution in [2.24, 2.45) is 0 Å². The van der Waals surface area contributed by atoms with Crippen LogP contribution in [0.25, 0.3) is 33.4 Å². The highest BCUT2D eigenvalue weighted by atomic mass is 15.1. The molecule has 0 aromatic heterocycles. The smallest absolute Gasteiger partial charge is 0.0714 e. The van der Waals surface area contributed by atoms with Crippen molar-refractivity contribution < 1.29 is 5.48 Å². The Bertz CT molecular complexity index is 2660. The molecule has 248 valence electrons. The molecule has 9 rings (SSSR count). The van der Waals surface area contributed by atoms with Gasteiger partial charge in [0.2, 0.25) is 0 Å². The Kier molecular flexibility index (Phi) is 6.84. The molecule has 0 radical (unpaired) electrons. The number of benzene rings is 8. The molecular weight excluding hydrogens is 627 g/mol. The van der Waals surface area contributed by atoms with Crippen LogP contribution in [0.1, 0.15) is 38.9 Å². The zero-order valence-corrected chi connectivity index (χ0v) is 29.2. The second-order valence-electron chi connectivity index (χ2n) is 13.5. The number of nitrogens with zero attached hydrogens (tertiary/aromatic N) is 1. The first-order valence-electron chi connectivity index (χ1n) is 19.8. The Morgan fingerprint density at radius 3 is 1.50 bits per heavy atom. The highest BCUT2D eigenvalue weighted by Gasteiger charge is 2.47. The summed E-state index contributed by atoms with van der Waals surface area (Å²) >= 11 is 0. The molecule has 52 heavy (non-hydrogen) atoms. The molecule has 0 saturated heterocycles. The number of hydrogen-bond acceptors (Lipinski definition) is 1. The monoisotopic (exact) mass is 669 g/mol. The van der Waals surface area contributed by atoms with Crippen molar-refractivity contribution in [3.05, 3.63) is 233 Å². The molecule has 0 aliphatic heterocycles. The summed E-state index contributed by atoms with van der Waals surface area (Å²) in [5.41, 5.74) is 12.7. The Balaban J connectivity index is 1.40. The average Bonchev–Trinajstić information content (AvgIpc) is 3.55. The van der Waals surface area contributed by atoms with Gasteiger partial charge in [0.05, 0.1) is 22.3 Å². The molecule has 0 bridgehead atoms. The predicted molar refractivity (Wildman–Crippen MR) is 219 cm³/mol. The molecule has 0 atom stereocenters. The van der Waals surface area contributed by atoms with E-state index >= 15 is 0 Å². The summed E-state index contributed by atoms with van der Waals surface area (Å²) in [5, 5.41) is 0. The largest absolute Gasteiger partial charge is 0.309 e. The second-order valence-corrected chi connectivity index (χ2v) is 13.5. The van der Waals surface area contributed by atoms with Crippen LogP contribution in [-0.2, 0) is 5.41 Å². The van der Waals surface area contributed by atoms with E-state index in [0.29, 0.717) is 5.56 Å². The molecule has 1 nitrogen and oxygen atoms in total. The summed E-state index contributed by atoms with van der Waals surface area (Å²) in [6.07, 6.45) is 0. The van der Waals surface area contributed by atoms with Crippen LogP contribution in [0, 0.1) is 13.8 Å². The lowest BCUT2D eigenvalue weighted by Crippen LogP contribution is -2.28. The van der Waals surface area contributed by atoms with Gasteiger partial charge in [0, 0.05) is 11.3 Å². The van der Waals surface area contributed by atoms with E-state index in [9.17, 15) is 5.48 Å². The van der Waals surface area contributed by atoms with Crippen LogP contribution >= 0.6 is 0 Å². The molecule has 1 aliphatic carbocycles. The van der Waals surface area contributed by atoms with E-state index in [1.165, 1.54) is 0 Å². The van der Waals surface area contributed by atoms with Gasteiger partial charge in [0.15, 0.2) is 0 Å². The first kappa shape index (κ1) is 27.3. The number of rotatable bonds is 7. The number of fused-ring (bicyclic) bond motifs is 3. The summed E-state index contributed by atoms with van der Waals surface area (Å²) in [5.74, 6) is 0. The van der Waals surface area contributed by atoms with Gasteiger partial charge in [-0.15, -0.1) is 0 Å². The van der Waals surface area contributed by atoms with Crippen molar-refractivity contribution in [3.63, 3.8) is 0 Å². The Labute approximate surface area is 312 Å². The third-order valence-corrected chi connectivity index (χ3v) is 10.4. The van der Waals surface area contributed by atoms with Crippen LogP contribution in [0.15, 0.2) is 200 Å². The van der Waals surface area contributed by atoms with Crippen molar-refractivity contribution >= 4 is 17.1 Å². The highest BCUT2D eigenvalue weighted by molar-refractivity contribution is 5.98. The van der Waals surface area contributed by atoms with Crippen LogP contribution in [0.2, 0.25) is 0 Å². The van der Waals surface area contributed by atoms with E-state index in [2.05, 4.69) is 129 Å². The van der Waals surface area contributed by atoms with Crippen LogP contribution in [0.3, 0.4) is 0 Å². The molecule has 0 spiro atoms. The van der Waals surface area contributed by atoms with Gasteiger partial charge < -0.3 is 4.90 Å². The number of anilines is 3. The maximum atomic E-state index is 9.73. The van der Waals surface area contributed by atoms with Crippen molar-refractivity contribution in [1.29, 1.82) is 0 Å². The van der Waals surface area contributed by atoms with Gasteiger partial charge in [-0.2, -0.15) is 0 Å². The Morgan fingerprint density at radius 1 is 0.442 bits per heavy atom. The van der Waals surface area contributed by atoms with E-state index in [1.807, 2.05) is 65.6 Å². The molecule has 0 fully saturated rings. The van der Waals surface area contributed by atoms with Gasteiger partial charge in [0.25, 0.3) is 0 Å². The van der Waals surface area contributed by atoms with Gasteiger partial charge in [-0.25, -0.2) is 0 Å². The molecule has 8 aromatic rings. The van der Waals surface area contributed by atoms with Gasteiger partial charge in [0.1, 0.15) is 0 Å². The summed E-state index contributed by atoms with van der Waals surface area (Å²) in [4.78, 5) is 2.01. The third kappa shape index (κ3) is 5.09. The van der Waals surface area contributed by atoms with E-state index in [1.54, 1.807) is 0 Å². The van der Waals surface area contributed by atoms with Gasteiger partial charge in [-0.05, 0) is 105 Å². The lowest BCUT2D eigenvalue weighted by atomic mass is 9.68. The van der Waals surface area contributed by atoms with Gasteiger partial charge in [-0.1, -0.05) is 170 Å². The van der Waals surface area contributed by atoms with E-state index in [4.69, 9.17) is 0 Å². The van der Waals surface area contributed by atoms with Crippen LogP contribution in [-0.4, -0.2) is 0 Å². The Morgan fingerprint density at radius 2 is 0.923 bits per heavy atom. The first-order chi connectivity index (χ1) is 27.3. The maximum absolute atomic E-state index is 9.73. The minimum Gasteiger partial charge on any atom is -0.309 e. The molecule has 8 aromatic carbocycles. The van der Waals surface area contributed by atoms with E-state index < -0.39 is 5.41 Å². The van der Waals surface area contributed by atoms with Crippen LogP contribution in [0.5, 0.6) is 0 Å². The van der Waals surface area contributed by atoms with Crippen molar-refractivity contribution in [3.8, 4) is 33.4 Å². The molecule has 0 amide bonds. The van der Waals surface area contributed by atoms with E-state index in [-0.39, 0.29) is 35.4 Å². The summed E-state index contributed by atoms with van der Waals surface area (Å²) in [6, 6.07) is 59.7. The van der Waals surface area contributed by atoms with E-state index in [0.717, 1.165) is 67.0 Å². The number of aryl methyl sites for hydroxylation is 2. The minimum atomic E-state index is -0.663. The summed E-state index contributed by atoms with van der Waals surface area (Å²) in [6.45, 7) is 4.15. The maximum Gasteiger partial charge on any atom is 0.0714 e. The molecule has 1 heteroatoms. The van der Waals surface area contributed by atoms with Gasteiger partial charge in [-0.3, -0.25) is 0 Å². The Hall–Kier alpha value is -6.44. The average molecular weight is 670 g/mol. The van der Waals surface area contributed by atoms with Crippen molar-refractivity contribution in [1.82, 2.24) is 0 Å². The highest BCUT2D eigenvalue weighted by Crippen LogP contribution is 2.59. The fourth-order valence-electron chi connectivity index (χ4n) is 8.29. The fraction of sp³-hybridized carbons (Fsp3) is 0.0588. The number of hydrogen-bond donors (Lipinski definition) is 0. The summed E-state index contributed by atoms with van der Waals surface area (Å²) < 4.78 is 38.3. The predicted octanol–water partition coefficient (Wildman–Crippen LogP) is 13.5. The molecule has 0 unspecified atom stereocenters. The standard InChI is InChI=1S/C51H39N/c1-36-34-41(39-20-9-4-10-21-39)35-37(2)50(36)52(44-32-30-40(31-33-44)38-18-7-3-8-19-38)48-29-17-28-47-49(48)45-26-15-16-27-46(45)51(47,42-22-11-5-12-23-42)43-24-13-6-14-25-43/h3-35H,1-2H3/i30D,31D,32D,33D. The first-order valence-corrected chi connectivity index (χ1v) is 17.8. The molecule has 0 saturated carbocycles. The van der Waals surface area contributed by atoms with Gasteiger partial charge >= 0.3 is 0 Å². The second kappa shape index (κ2) is 13.0. The fourth-order valence-corrected chi connectivity index (χ4v) is 8.29. The normalized spacial score (nSPS) is 13.7. The minimum absolute atomic E-state index is 0.0793. The van der Waals surface area contributed by atoms with Crippen molar-refractivity contribution in [2.45, 2.75) is 19.3 Å². The molecule has 0 N–H and O–H groups in total. The van der Waals surface area contributed by atoms with Crippen molar-refractivity contribution in [2.75, 3.05) is 4.90 Å². The zero-order valence-electron chi connectivity index (χ0n) is 33.2.